The van der Waals surface area contributed by atoms with Crippen LogP contribution in [0.3, 0.4) is 0 Å². The maximum absolute atomic E-state index is 6.12. The summed E-state index contributed by atoms with van der Waals surface area (Å²) in [5, 5.41) is 0. The predicted octanol–water partition coefficient (Wildman–Crippen LogP) is 1.79. The molecule has 1 unspecified atom stereocenters. The van der Waals surface area contributed by atoms with Crippen LogP contribution in [0.2, 0.25) is 0 Å². The van der Waals surface area contributed by atoms with Crippen molar-refractivity contribution < 1.29 is 18.9 Å². The van der Waals surface area contributed by atoms with E-state index >= 15 is 0 Å². The molecule has 0 spiro atoms. The molecular weight excluding hydrogens is 350 g/mol. The first-order valence-electron chi connectivity index (χ1n) is 9.64. The lowest BCUT2D eigenvalue weighted by molar-refractivity contribution is -0.0128. The van der Waals surface area contributed by atoms with E-state index < -0.39 is 0 Å². The summed E-state index contributed by atoms with van der Waals surface area (Å²) in [6, 6.07) is 0.746. The van der Waals surface area contributed by atoms with Crippen molar-refractivity contribution in [2.75, 3.05) is 39.3 Å². The Morgan fingerprint density at radius 2 is 1.96 bits per heavy atom. The summed E-state index contributed by atoms with van der Waals surface area (Å²) in [6.45, 7) is 3.53. The van der Waals surface area contributed by atoms with E-state index in [4.69, 9.17) is 24.7 Å². The zero-order valence-electron chi connectivity index (χ0n) is 15.7. The standard InChI is InChI=1S/C18H27N5O4/c1-24-18-20-14-15(19)21-17(27-11-13-4-2-3-7-26-13)22-16(14)23(18)10-12-5-8-25-9-6-12/h12-13H,2-11H2,1H3,(H2,19,21,22). The molecule has 148 valence electrons. The maximum Gasteiger partial charge on any atom is 0.320 e. The predicted molar refractivity (Wildman–Crippen MR) is 98.9 cm³/mol. The summed E-state index contributed by atoms with van der Waals surface area (Å²) in [5.74, 6) is 0.782. The Morgan fingerprint density at radius 3 is 2.70 bits per heavy atom. The molecule has 2 N–H and O–H groups in total. The lowest BCUT2D eigenvalue weighted by Gasteiger charge is -2.23. The van der Waals surface area contributed by atoms with Crippen LogP contribution in [0.25, 0.3) is 11.2 Å². The van der Waals surface area contributed by atoms with Crippen molar-refractivity contribution in [2.45, 2.75) is 44.8 Å². The molecule has 0 amide bonds. The number of methoxy groups -OCH3 is 1. The van der Waals surface area contributed by atoms with E-state index in [2.05, 4.69) is 15.0 Å². The maximum atomic E-state index is 6.12. The number of imidazole rings is 1. The molecule has 2 saturated heterocycles. The highest BCUT2D eigenvalue weighted by Crippen LogP contribution is 2.28. The second-order valence-electron chi connectivity index (χ2n) is 7.13. The van der Waals surface area contributed by atoms with Gasteiger partial charge in [0.1, 0.15) is 6.61 Å². The van der Waals surface area contributed by atoms with E-state index in [1.54, 1.807) is 7.11 Å². The molecule has 4 rings (SSSR count). The second-order valence-corrected chi connectivity index (χ2v) is 7.13. The van der Waals surface area contributed by atoms with Crippen molar-refractivity contribution in [3.63, 3.8) is 0 Å². The number of hydrogen-bond acceptors (Lipinski definition) is 8. The molecule has 0 aliphatic carbocycles. The van der Waals surface area contributed by atoms with Gasteiger partial charge in [-0.2, -0.15) is 15.0 Å². The fourth-order valence-electron chi connectivity index (χ4n) is 3.66. The van der Waals surface area contributed by atoms with Crippen LogP contribution in [0.15, 0.2) is 0 Å². The van der Waals surface area contributed by atoms with Crippen LogP contribution >= 0.6 is 0 Å². The number of fused-ring (bicyclic) bond motifs is 1. The minimum atomic E-state index is 0.0842. The molecule has 1 atom stereocenters. The third-order valence-electron chi connectivity index (χ3n) is 5.20. The quantitative estimate of drug-likeness (QED) is 0.812. The van der Waals surface area contributed by atoms with Crippen LogP contribution in [0.4, 0.5) is 5.82 Å². The van der Waals surface area contributed by atoms with E-state index in [0.29, 0.717) is 35.5 Å². The zero-order chi connectivity index (χ0) is 18.6. The van der Waals surface area contributed by atoms with Gasteiger partial charge in [-0.1, -0.05) is 0 Å². The van der Waals surface area contributed by atoms with Gasteiger partial charge in [-0.15, -0.1) is 0 Å². The molecule has 2 aromatic rings. The normalized spacial score (nSPS) is 21.4. The van der Waals surface area contributed by atoms with E-state index in [0.717, 1.165) is 58.5 Å². The van der Waals surface area contributed by atoms with Gasteiger partial charge in [-0.25, -0.2) is 0 Å². The first-order chi connectivity index (χ1) is 13.2. The fraction of sp³-hybridized carbons (Fsp3) is 0.722. The van der Waals surface area contributed by atoms with Crippen molar-refractivity contribution in [1.29, 1.82) is 0 Å². The summed E-state index contributed by atoms with van der Waals surface area (Å²) in [5.41, 5.74) is 7.31. The van der Waals surface area contributed by atoms with Gasteiger partial charge in [0.15, 0.2) is 17.0 Å². The Balaban J connectivity index is 1.57. The van der Waals surface area contributed by atoms with E-state index in [1.807, 2.05) is 4.57 Å². The summed E-state index contributed by atoms with van der Waals surface area (Å²) >= 11 is 0. The Bertz CT molecular complexity index is 769. The SMILES string of the molecule is COc1nc2c(N)nc(OCC3CCCCO3)nc2n1CC1CCOCC1. The average molecular weight is 377 g/mol. The van der Waals surface area contributed by atoms with Gasteiger partial charge in [-0.3, -0.25) is 4.57 Å². The molecule has 2 aliphatic heterocycles. The second kappa shape index (κ2) is 8.26. The number of nitrogens with zero attached hydrogens (tertiary/aromatic N) is 4. The highest BCUT2D eigenvalue weighted by molar-refractivity contribution is 5.83. The Hall–Kier alpha value is -2.13. The van der Waals surface area contributed by atoms with Gasteiger partial charge in [0.25, 0.3) is 6.01 Å². The molecule has 0 radical (unpaired) electrons. The largest absolute Gasteiger partial charge is 0.468 e. The average Bonchev–Trinajstić information content (AvgIpc) is 3.06. The molecule has 0 bridgehead atoms. The lowest BCUT2D eigenvalue weighted by atomic mass is 10.0. The van der Waals surface area contributed by atoms with Crippen molar-refractivity contribution in [1.82, 2.24) is 19.5 Å². The first-order valence-corrected chi connectivity index (χ1v) is 9.64. The van der Waals surface area contributed by atoms with Gasteiger partial charge in [0.05, 0.1) is 13.2 Å². The van der Waals surface area contributed by atoms with E-state index in [9.17, 15) is 0 Å². The minimum absolute atomic E-state index is 0.0842. The van der Waals surface area contributed by atoms with Crippen LogP contribution in [-0.4, -0.2) is 59.2 Å². The number of aromatic nitrogens is 4. The topological polar surface area (TPSA) is 107 Å². The molecule has 4 heterocycles. The molecular formula is C18H27N5O4. The molecule has 9 nitrogen and oxygen atoms in total. The summed E-state index contributed by atoms with van der Waals surface area (Å²) in [7, 11) is 1.60. The fourth-order valence-corrected chi connectivity index (χ4v) is 3.66. The lowest BCUT2D eigenvalue weighted by Crippen LogP contribution is -2.26. The van der Waals surface area contributed by atoms with E-state index in [-0.39, 0.29) is 12.1 Å². The molecule has 0 aromatic carbocycles. The zero-order valence-corrected chi connectivity index (χ0v) is 15.7. The van der Waals surface area contributed by atoms with Crippen molar-refractivity contribution in [3.05, 3.63) is 0 Å². The summed E-state index contributed by atoms with van der Waals surface area (Å²) < 4.78 is 24.4. The number of nitrogen functional groups attached to an aromatic ring is 1. The Labute approximate surface area is 158 Å². The van der Waals surface area contributed by atoms with Crippen molar-refractivity contribution in [3.8, 4) is 12.0 Å². The molecule has 2 aliphatic rings. The number of rotatable bonds is 6. The number of nitrogens with two attached hydrogens (primary N) is 1. The van der Waals surface area contributed by atoms with Crippen LogP contribution in [0.1, 0.15) is 32.1 Å². The van der Waals surface area contributed by atoms with Crippen LogP contribution in [0, 0.1) is 5.92 Å². The van der Waals surface area contributed by atoms with Crippen molar-refractivity contribution >= 4 is 17.0 Å². The summed E-state index contributed by atoms with van der Waals surface area (Å²) in [4.78, 5) is 13.3. The molecule has 2 aromatic heterocycles. The van der Waals surface area contributed by atoms with Crippen LogP contribution < -0.4 is 15.2 Å². The van der Waals surface area contributed by atoms with Crippen LogP contribution in [-0.2, 0) is 16.0 Å². The number of anilines is 1. The summed E-state index contributed by atoms with van der Waals surface area (Å²) in [6.07, 6.45) is 5.36. The Morgan fingerprint density at radius 1 is 1.11 bits per heavy atom. The Kier molecular flexibility index (Phi) is 5.58. The van der Waals surface area contributed by atoms with Crippen molar-refractivity contribution in [2.24, 2.45) is 5.92 Å². The number of hydrogen-bond donors (Lipinski definition) is 1. The smallest absolute Gasteiger partial charge is 0.320 e. The van der Waals surface area contributed by atoms with Gasteiger partial charge < -0.3 is 24.7 Å². The van der Waals surface area contributed by atoms with Crippen LogP contribution in [0.5, 0.6) is 12.0 Å². The van der Waals surface area contributed by atoms with Gasteiger partial charge in [-0.05, 0) is 38.0 Å². The monoisotopic (exact) mass is 377 g/mol. The highest BCUT2D eigenvalue weighted by atomic mass is 16.5. The minimum Gasteiger partial charge on any atom is -0.468 e. The van der Waals surface area contributed by atoms with Gasteiger partial charge >= 0.3 is 6.01 Å². The highest BCUT2D eigenvalue weighted by Gasteiger charge is 2.23. The molecule has 0 saturated carbocycles. The third-order valence-corrected chi connectivity index (χ3v) is 5.20. The molecule has 27 heavy (non-hydrogen) atoms. The first kappa shape index (κ1) is 18.2. The van der Waals surface area contributed by atoms with E-state index in [1.165, 1.54) is 0 Å². The number of ether oxygens (including phenoxy) is 4. The molecule has 2 fully saturated rings. The molecule has 9 heteroatoms. The van der Waals surface area contributed by atoms with Gasteiger partial charge in [0, 0.05) is 26.4 Å². The third kappa shape index (κ3) is 4.08. The van der Waals surface area contributed by atoms with Gasteiger partial charge in [0.2, 0.25) is 0 Å².